The number of ether oxygens (including phenoxy) is 1. The summed E-state index contributed by atoms with van der Waals surface area (Å²) in [5.41, 5.74) is 1.66. The van der Waals surface area contributed by atoms with E-state index < -0.39 is 0 Å². The van der Waals surface area contributed by atoms with Crippen LogP contribution < -0.4 is 15.4 Å². The third kappa shape index (κ3) is 7.90. The number of nitrogens with one attached hydrogen (secondary N) is 2. The molecular formula is C19H23IN4O. The van der Waals surface area contributed by atoms with Crippen LogP contribution in [-0.4, -0.2) is 25.7 Å². The summed E-state index contributed by atoms with van der Waals surface area (Å²) >= 11 is 0. The van der Waals surface area contributed by atoms with E-state index in [1.54, 1.807) is 6.07 Å². The van der Waals surface area contributed by atoms with Crippen molar-refractivity contribution < 1.29 is 4.74 Å². The number of hydrogen-bond acceptors (Lipinski definition) is 3. The third-order valence-corrected chi connectivity index (χ3v) is 3.23. The van der Waals surface area contributed by atoms with Gasteiger partial charge >= 0.3 is 0 Å². The van der Waals surface area contributed by atoms with Gasteiger partial charge in [-0.25, -0.2) is 4.99 Å². The Labute approximate surface area is 166 Å². The molecule has 2 aromatic rings. The first-order valence-electron chi connectivity index (χ1n) is 8.01. The van der Waals surface area contributed by atoms with Crippen molar-refractivity contribution in [3.63, 3.8) is 0 Å². The third-order valence-electron chi connectivity index (χ3n) is 3.23. The Morgan fingerprint density at radius 1 is 1.12 bits per heavy atom. The second-order valence-electron chi connectivity index (χ2n) is 5.10. The molecule has 6 heteroatoms. The first-order chi connectivity index (χ1) is 11.8. The highest BCUT2D eigenvalue weighted by Gasteiger charge is 1.99. The SMILES string of the molecule is CCNC(=NCc1cccc(C#N)c1)NCCOc1ccccc1.I. The maximum absolute atomic E-state index is 8.94. The largest absolute Gasteiger partial charge is 0.492 e. The predicted molar refractivity (Wildman–Crippen MR) is 111 cm³/mol. The standard InChI is InChI=1S/C19H22N4O.HI/c1-2-21-19(22-11-12-24-18-9-4-3-5-10-18)23-15-17-8-6-7-16(13-17)14-20;/h3-10,13H,2,11-12,15H2,1H3,(H2,21,22,23);1H. The molecule has 5 nitrogen and oxygen atoms in total. The first kappa shape index (κ1) is 20.8. The summed E-state index contributed by atoms with van der Waals surface area (Å²) in [5.74, 6) is 1.59. The summed E-state index contributed by atoms with van der Waals surface area (Å²) < 4.78 is 5.65. The number of nitriles is 1. The number of guanidine groups is 1. The molecule has 0 aromatic heterocycles. The van der Waals surface area contributed by atoms with E-state index in [0.29, 0.717) is 25.3 Å². The monoisotopic (exact) mass is 450 g/mol. The van der Waals surface area contributed by atoms with Gasteiger partial charge in [-0.2, -0.15) is 5.26 Å². The fraction of sp³-hybridized carbons (Fsp3) is 0.263. The smallest absolute Gasteiger partial charge is 0.191 e. The Kier molecular flexibility index (Phi) is 10.1. The average molecular weight is 450 g/mol. The molecule has 0 amide bonds. The normalized spacial score (nSPS) is 10.3. The molecule has 0 saturated heterocycles. The van der Waals surface area contributed by atoms with Crippen LogP contribution in [0.4, 0.5) is 0 Å². The van der Waals surface area contributed by atoms with Gasteiger partial charge in [0.1, 0.15) is 12.4 Å². The van der Waals surface area contributed by atoms with E-state index >= 15 is 0 Å². The van der Waals surface area contributed by atoms with E-state index in [1.807, 2.05) is 55.5 Å². The molecule has 0 unspecified atom stereocenters. The lowest BCUT2D eigenvalue weighted by Crippen LogP contribution is -2.39. The summed E-state index contributed by atoms with van der Waals surface area (Å²) in [6.07, 6.45) is 0. The lowest BCUT2D eigenvalue weighted by molar-refractivity contribution is 0.322. The molecular weight excluding hydrogens is 427 g/mol. The lowest BCUT2D eigenvalue weighted by atomic mass is 10.1. The lowest BCUT2D eigenvalue weighted by Gasteiger charge is -2.12. The van der Waals surface area contributed by atoms with Gasteiger partial charge in [0.25, 0.3) is 0 Å². The van der Waals surface area contributed by atoms with Crippen LogP contribution in [0.1, 0.15) is 18.1 Å². The van der Waals surface area contributed by atoms with Gasteiger partial charge in [0.2, 0.25) is 0 Å². The van der Waals surface area contributed by atoms with Crippen molar-refractivity contribution >= 4 is 29.9 Å². The van der Waals surface area contributed by atoms with Crippen LogP contribution in [0, 0.1) is 11.3 Å². The Bertz CT molecular complexity index is 698. The minimum atomic E-state index is 0. The summed E-state index contributed by atoms with van der Waals surface area (Å²) in [6, 6.07) is 19.3. The molecule has 0 aliphatic carbocycles. The van der Waals surface area contributed by atoms with Crippen LogP contribution in [0.5, 0.6) is 5.75 Å². The molecule has 0 radical (unpaired) electrons. The molecule has 2 aromatic carbocycles. The summed E-state index contributed by atoms with van der Waals surface area (Å²) in [7, 11) is 0. The van der Waals surface area contributed by atoms with Crippen LogP contribution in [0.2, 0.25) is 0 Å². The Morgan fingerprint density at radius 3 is 2.64 bits per heavy atom. The van der Waals surface area contributed by atoms with Crippen LogP contribution in [0.3, 0.4) is 0 Å². The molecule has 2 rings (SSSR count). The average Bonchev–Trinajstić information content (AvgIpc) is 2.64. The zero-order chi connectivity index (χ0) is 17.0. The van der Waals surface area contributed by atoms with Crippen molar-refractivity contribution in [1.82, 2.24) is 10.6 Å². The second kappa shape index (κ2) is 12.1. The first-order valence-corrected chi connectivity index (χ1v) is 8.01. The predicted octanol–water partition coefficient (Wildman–Crippen LogP) is 3.31. The molecule has 0 aliphatic heterocycles. The summed E-state index contributed by atoms with van der Waals surface area (Å²) in [5, 5.41) is 15.4. The molecule has 0 bridgehead atoms. The highest BCUT2D eigenvalue weighted by molar-refractivity contribution is 14.0. The van der Waals surface area contributed by atoms with E-state index in [4.69, 9.17) is 10.00 Å². The summed E-state index contributed by atoms with van der Waals surface area (Å²) in [4.78, 5) is 4.53. The molecule has 25 heavy (non-hydrogen) atoms. The Hall–Kier alpha value is -2.27. The van der Waals surface area contributed by atoms with E-state index in [-0.39, 0.29) is 24.0 Å². The van der Waals surface area contributed by atoms with Gasteiger partial charge in [-0.15, -0.1) is 24.0 Å². The zero-order valence-corrected chi connectivity index (χ0v) is 16.6. The number of nitrogens with zero attached hydrogens (tertiary/aromatic N) is 2. The van der Waals surface area contributed by atoms with Gasteiger partial charge in [-0.3, -0.25) is 0 Å². The number of aliphatic imine (C=N–C) groups is 1. The van der Waals surface area contributed by atoms with Gasteiger partial charge in [-0.1, -0.05) is 30.3 Å². The number of benzene rings is 2. The van der Waals surface area contributed by atoms with E-state index in [2.05, 4.69) is 21.7 Å². The molecule has 0 spiro atoms. The van der Waals surface area contributed by atoms with E-state index in [1.165, 1.54) is 0 Å². The second-order valence-corrected chi connectivity index (χ2v) is 5.10. The molecule has 0 heterocycles. The fourth-order valence-corrected chi connectivity index (χ4v) is 2.11. The highest BCUT2D eigenvalue weighted by Crippen LogP contribution is 2.07. The minimum absolute atomic E-state index is 0. The van der Waals surface area contributed by atoms with Gasteiger partial charge in [-0.05, 0) is 36.8 Å². The maximum Gasteiger partial charge on any atom is 0.191 e. The van der Waals surface area contributed by atoms with Crippen molar-refractivity contribution in [2.24, 2.45) is 4.99 Å². The van der Waals surface area contributed by atoms with E-state index in [9.17, 15) is 0 Å². The number of halogens is 1. The Balaban J connectivity index is 0.00000312. The van der Waals surface area contributed by atoms with Crippen molar-refractivity contribution in [2.45, 2.75) is 13.5 Å². The fourth-order valence-electron chi connectivity index (χ4n) is 2.11. The van der Waals surface area contributed by atoms with Crippen molar-refractivity contribution in [3.8, 4) is 11.8 Å². The van der Waals surface area contributed by atoms with Gasteiger partial charge in [0, 0.05) is 6.54 Å². The highest BCUT2D eigenvalue weighted by atomic mass is 127. The zero-order valence-electron chi connectivity index (χ0n) is 14.2. The quantitative estimate of drug-likeness (QED) is 0.294. The topological polar surface area (TPSA) is 69.4 Å². The maximum atomic E-state index is 8.94. The molecule has 0 fully saturated rings. The van der Waals surface area contributed by atoms with Crippen LogP contribution >= 0.6 is 24.0 Å². The number of rotatable bonds is 7. The van der Waals surface area contributed by atoms with Gasteiger partial charge < -0.3 is 15.4 Å². The molecule has 2 N–H and O–H groups in total. The van der Waals surface area contributed by atoms with Crippen molar-refractivity contribution in [2.75, 3.05) is 19.7 Å². The molecule has 0 aliphatic rings. The van der Waals surface area contributed by atoms with Crippen LogP contribution in [0.25, 0.3) is 0 Å². The van der Waals surface area contributed by atoms with Crippen molar-refractivity contribution in [1.29, 1.82) is 5.26 Å². The molecule has 132 valence electrons. The minimum Gasteiger partial charge on any atom is -0.492 e. The number of para-hydroxylation sites is 1. The molecule has 0 atom stereocenters. The number of hydrogen-bond donors (Lipinski definition) is 2. The van der Waals surface area contributed by atoms with Gasteiger partial charge in [0.05, 0.1) is 24.7 Å². The molecule has 0 saturated carbocycles. The van der Waals surface area contributed by atoms with Gasteiger partial charge in [0.15, 0.2) is 5.96 Å². The van der Waals surface area contributed by atoms with Crippen LogP contribution in [0.15, 0.2) is 59.6 Å². The van der Waals surface area contributed by atoms with E-state index in [0.717, 1.165) is 23.8 Å². The van der Waals surface area contributed by atoms with Crippen molar-refractivity contribution in [3.05, 3.63) is 65.7 Å². The van der Waals surface area contributed by atoms with Crippen LogP contribution in [-0.2, 0) is 6.54 Å². The Morgan fingerprint density at radius 2 is 1.92 bits per heavy atom. The summed E-state index contributed by atoms with van der Waals surface area (Å²) in [6.45, 7) is 4.53.